The normalized spacial score (nSPS) is 37.2. The zero-order valence-corrected chi connectivity index (χ0v) is 17.0. The van der Waals surface area contributed by atoms with E-state index in [1.165, 1.54) is 0 Å². The second-order valence-electron chi connectivity index (χ2n) is 8.15. The first-order valence-corrected chi connectivity index (χ1v) is 10.7. The van der Waals surface area contributed by atoms with Gasteiger partial charge in [-0.15, -0.1) is 11.8 Å². The average Bonchev–Trinajstić information content (AvgIpc) is 3.13. The predicted molar refractivity (Wildman–Crippen MR) is 106 cm³/mol. The van der Waals surface area contributed by atoms with Crippen LogP contribution in [0.1, 0.15) is 19.8 Å². The third-order valence-electron chi connectivity index (χ3n) is 6.66. The number of ether oxygens (including phenoxy) is 2. The van der Waals surface area contributed by atoms with Gasteiger partial charge in [-0.25, -0.2) is 0 Å². The topological polar surface area (TPSA) is 72.8 Å². The van der Waals surface area contributed by atoms with E-state index in [1.807, 2.05) is 31.2 Å². The second kappa shape index (κ2) is 7.56. The Labute approximate surface area is 169 Å². The molecule has 4 rings (SSSR count). The van der Waals surface area contributed by atoms with Crippen LogP contribution < -0.4 is 4.74 Å². The van der Waals surface area contributed by atoms with E-state index in [2.05, 4.69) is 6.58 Å². The van der Waals surface area contributed by atoms with Crippen LogP contribution in [-0.4, -0.2) is 41.9 Å². The highest BCUT2D eigenvalue weighted by molar-refractivity contribution is 7.99. The Kier molecular flexibility index (Phi) is 5.27. The van der Waals surface area contributed by atoms with E-state index in [0.717, 1.165) is 16.2 Å². The Bertz CT molecular complexity index is 806. The summed E-state index contributed by atoms with van der Waals surface area (Å²) in [5, 5.41) is 10.9. The van der Waals surface area contributed by atoms with Crippen molar-refractivity contribution in [1.82, 2.24) is 0 Å². The van der Waals surface area contributed by atoms with Gasteiger partial charge in [0.25, 0.3) is 0 Å². The van der Waals surface area contributed by atoms with Crippen LogP contribution in [0.3, 0.4) is 0 Å². The standard InChI is InChI=1S/C22H26O5S/c1-11-7-18(24)20-16(10-28-14-6-4-5-13(8-14)26-3)22(25)27-21(20)19-12(2)17(23)9-15(11)19/h4-6,8,12,15-16,18-21,24H,1,7,9-10H2,2-3H3/t12-,15+,16+,18+,19+,20-,21-/m1/s1. The summed E-state index contributed by atoms with van der Waals surface area (Å²) in [5.74, 6) is 0.301. The number of hydrogen-bond donors (Lipinski definition) is 1. The molecular formula is C22H26O5S. The Morgan fingerprint density at radius 3 is 2.82 bits per heavy atom. The maximum atomic E-state index is 12.7. The van der Waals surface area contributed by atoms with Crippen molar-refractivity contribution in [1.29, 1.82) is 0 Å². The fourth-order valence-electron chi connectivity index (χ4n) is 5.15. The van der Waals surface area contributed by atoms with Gasteiger partial charge in [-0.05, 0) is 30.5 Å². The van der Waals surface area contributed by atoms with E-state index in [-0.39, 0.29) is 35.4 Å². The minimum absolute atomic E-state index is 0.00439. The van der Waals surface area contributed by atoms with Crippen molar-refractivity contribution in [3.63, 3.8) is 0 Å². The number of hydrogen-bond acceptors (Lipinski definition) is 6. The highest BCUT2D eigenvalue weighted by atomic mass is 32.2. The third-order valence-corrected chi connectivity index (χ3v) is 7.77. The molecule has 2 saturated carbocycles. The lowest BCUT2D eigenvalue weighted by molar-refractivity contribution is -0.146. The van der Waals surface area contributed by atoms with E-state index in [0.29, 0.717) is 18.6 Å². The summed E-state index contributed by atoms with van der Waals surface area (Å²) in [4.78, 5) is 26.1. The van der Waals surface area contributed by atoms with Crippen molar-refractivity contribution >= 4 is 23.5 Å². The zero-order valence-electron chi connectivity index (χ0n) is 16.2. The Morgan fingerprint density at radius 2 is 2.07 bits per heavy atom. The van der Waals surface area contributed by atoms with Crippen LogP contribution in [0.4, 0.5) is 0 Å². The second-order valence-corrected chi connectivity index (χ2v) is 9.24. The van der Waals surface area contributed by atoms with Crippen molar-refractivity contribution in [3.05, 3.63) is 36.4 Å². The fourth-order valence-corrected chi connectivity index (χ4v) is 6.26. The molecule has 0 spiro atoms. The summed E-state index contributed by atoms with van der Waals surface area (Å²) in [6.45, 7) is 6.07. The van der Waals surface area contributed by atoms with E-state index in [4.69, 9.17) is 9.47 Å². The molecule has 1 N–H and O–H groups in total. The number of carbonyl (C=O) groups is 2. The van der Waals surface area contributed by atoms with Crippen molar-refractivity contribution in [2.75, 3.05) is 12.9 Å². The number of thioether (sulfide) groups is 1. The number of Topliss-reactive ketones (excluding diaryl/α,β-unsaturated/α-hetero) is 1. The molecule has 3 fully saturated rings. The molecule has 6 heteroatoms. The number of methoxy groups -OCH3 is 1. The number of ketones is 1. The molecule has 3 aliphatic rings. The van der Waals surface area contributed by atoms with Gasteiger partial charge >= 0.3 is 5.97 Å². The molecule has 0 bridgehead atoms. The molecule has 0 aromatic heterocycles. The minimum atomic E-state index is -0.673. The average molecular weight is 403 g/mol. The molecule has 7 atom stereocenters. The Morgan fingerprint density at radius 1 is 1.29 bits per heavy atom. The maximum absolute atomic E-state index is 12.7. The number of rotatable bonds is 4. The molecule has 0 unspecified atom stereocenters. The first-order valence-electron chi connectivity index (χ1n) is 9.76. The van der Waals surface area contributed by atoms with Crippen LogP contribution in [0.15, 0.2) is 41.3 Å². The van der Waals surface area contributed by atoms with Gasteiger partial charge in [0.1, 0.15) is 17.6 Å². The van der Waals surface area contributed by atoms with Crippen LogP contribution in [0, 0.1) is 29.6 Å². The summed E-state index contributed by atoms with van der Waals surface area (Å²) < 4.78 is 11.1. The van der Waals surface area contributed by atoms with Gasteiger partial charge in [-0.2, -0.15) is 0 Å². The summed E-state index contributed by atoms with van der Waals surface area (Å²) >= 11 is 1.56. The van der Waals surface area contributed by atoms with Crippen LogP contribution in [0.25, 0.3) is 0 Å². The van der Waals surface area contributed by atoms with Crippen molar-refractivity contribution < 1.29 is 24.2 Å². The molecule has 28 heavy (non-hydrogen) atoms. The smallest absolute Gasteiger partial charge is 0.310 e. The molecule has 1 saturated heterocycles. The van der Waals surface area contributed by atoms with Gasteiger partial charge < -0.3 is 14.6 Å². The van der Waals surface area contributed by atoms with Gasteiger partial charge in [0.05, 0.1) is 19.1 Å². The summed E-state index contributed by atoms with van der Waals surface area (Å²) in [6.07, 6.45) is -0.211. The highest BCUT2D eigenvalue weighted by Crippen LogP contribution is 2.52. The van der Waals surface area contributed by atoms with Gasteiger partial charge in [0.15, 0.2) is 0 Å². The molecule has 0 radical (unpaired) electrons. The molecule has 2 aliphatic carbocycles. The van der Waals surface area contributed by atoms with Crippen LogP contribution in [0.2, 0.25) is 0 Å². The molecular weight excluding hydrogens is 376 g/mol. The lowest BCUT2D eigenvalue weighted by Gasteiger charge is -2.29. The quantitative estimate of drug-likeness (QED) is 0.474. The molecule has 150 valence electrons. The first-order chi connectivity index (χ1) is 13.4. The monoisotopic (exact) mass is 402 g/mol. The number of esters is 1. The van der Waals surface area contributed by atoms with Crippen LogP contribution in [0.5, 0.6) is 5.75 Å². The Balaban J connectivity index is 1.57. The summed E-state index contributed by atoms with van der Waals surface area (Å²) in [7, 11) is 1.62. The zero-order chi connectivity index (χ0) is 20.0. The largest absolute Gasteiger partial charge is 0.497 e. The van der Waals surface area contributed by atoms with E-state index in [1.54, 1.807) is 18.9 Å². The van der Waals surface area contributed by atoms with Gasteiger partial charge in [0.2, 0.25) is 0 Å². The van der Waals surface area contributed by atoms with E-state index < -0.39 is 18.1 Å². The lowest BCUT2D eigenvalue weighted by atomic mass is 9.77. The first kappa shape index (κ1) is 19.5. The minimum Gasteiger partial charge on any atom is -0.497 e. The van der Waals surface area contributed by atoms with Gasteiger partial charge in [-0.3, -0.25) is 9.59 Å². The van der Waals surface area contributed by atoms with Crippen molar-refractivity contribution in [3.8, 4) is 5.75 Å². The number of aliphatic hydroxyl groups excluding tert-OH is 1. The van der Waals surface area contributed by atoms with Gasteiger partial charge in [-0.1, -0.05) is 25.1 Å². The Hall–Kier alpha value is -1.79. The van der Waals surface area contributed by atoms with E-state index >= 15 is 0 Å². The van der Waals surface area contributed by atoms with Gasteiger partial charge in [0, 0.05) is 34.8 Å². The highest BCUT2D eigenvalue weighted by Gasteiger charge is 2.58. The predicted octanol–water partition coefficient (Wildman–Crippen LogP) is 3.11. The van der Waals surface area contributed by atoms with Crippen molar-refractivity contribution in [2.24, 2.45) is 29.6 Å². The SMILES string of the molecule is C=C1C[C@H](O)[C@@H]2[C@H](OC(=O)[C@H]2CSc2cccc(OC)c2)[C@H]2[C@H](C)C(=O)C[C@@H]12. The van der Waals surface area contributed by atoms with E-state index in [9.17, 15) is 14.7 Å². The molecule has 1 heterocycles. The number of aliphatic hydroxyl groups is 1. The van der Waals surface area contributed by atoms with Crippen LogP contribution >= 0.6 is 11.8 Å². The summed E-state index contributed by atoms with van der Waals surface area (Å²) in [6, 6.07) is 7.70. The molecule has 0 amide bonds. The van der Waals surface area contributed by atoms with Crippen molar-refractivity contribution in [2.45, 2.75) is 36.9 Å². The molecule has 5 nitrogen and oxygen atoms in total. The van der Waals surface area contributed by atoms with Crippen LogP contribution in [-0.2, 0) is 14.3 Å². The molecule has 1 aromatic rings. The lowest BCUT2D eigenvalue weighted by Crippen LogP contribution is -2.38. The summed E-state index contributed by atoms with van der Waals surface area (Å²) in [5.41, 5.74) is 0.917. The number of carbonyl (C=O) groups excluding carboxylic acids is 2. The number of benzene rings is 1. The fraction of sp³-hybridized carbons (Fsp3) is 0.545. The molecule has 1 aromatic carbocycles. The maximum Gasteiger partial charge on any atom is 0.310 e. The third kappa shape index (κ3) is 3.26. The number of fused-ring (bicyclic) bond motifs is 3. The molecule has 1 aliphatic heterocycles.